The zero-order chi connectivity index (χ0) is 28.2. The Hall–Kier alpha value is -3.32. The maximum absolute atomic E-state index is 12.9. The van der Waals surface area contributed by atoms with Crippen LogP contribution in [-0.4, -0.2) is 91.7 Å². The summed E-state index contributed by atoms with van der Waals surface area (Å²) in [4.78, 5) is 49.3. The van der Waals surface area contributed by atoms with E-state index < -0.39 is 23.2 Å². The van der Waals surface area contributed by atoms with E-state index in [-0.39, 0.29) is 44.8 Å². The highest BCUT2D eigenvalue weighted by Gasteiger charge is 2.34. The highest BCUT2D eigenvalue weighted by Crippen LogP contribution is 2.37. The molecule has 0 aliphatic heterocycles. The second-order valence-electron chi connectivity index (χ2n) is 8.56. The Balaban J connectivity index is 1.30. The molecular weight excluding hydrogens is 576 g/mol. The number of aromatic hydroxyl groups is 2. The summed E-state index contributed by atoms with van der Waals surface area (Å²) >= 11 is 3.07. The van der Waals surface area contributed by atoms with E-state index in [4.69, 9.17) is 14.2 Å². The number of nitrogens with one attached hydrogen (secondary N) is 2. The number of phenolic OH excluding ortho intramolecular Hbond substituents is 2. The highest BCUT2D eigenvalue weighted by atomic mass is 79.9. The van der Waals surface area contributed by atoms with Gasteiger partial charge in [0.1, 0.15) is 11.5 Å². The van der Waals surface area contributed by atoms with Crippen LogP contribution in [0.5, 0.6) is 11.5 Å². The first-order chi connectivity index (χ1) is 18.8. The molecule has 0 fully saturated rings. The van der Waals surface area contributed by atoms with Crippen LogP contribution in [0.15, 0.2) is 30.3 Å². The van der Waals surface area contributed by atoms with Crippen LogP contribution in [-0.2, 0) is 19.0 Å². The maximum Gasteiger partial charge on any atom is 0.251 e. The van der Waals surface area contributed by atoms with Crippen molar-refractivity contribution in [3.8, 4) is 11.5 Å². The number of alkyl halides is 1. The molecule has 0 radical (unpaired) electrons. The molecule has 2 aromatic carbocycles. The van der Waals surface area contributed by atoms with Crippen molar-refractivity contribution in [2.45, 2.75) is 12.8 Å². The topological polar surface area (TPSA) is 160 Å². The van der Waals surface area contributed by atoms with Crippen molar-refractivity contribution < 1.29 is 43.6 Å². The van der Waals surface area contributed by atoms with Crippen LogP contribution >= 0.6 is 15.9 Å². The molecule has 2 aromatic rings. The number of hydrogen-bond donors (Lipinski definition) is 4. The van der Waals surface area contributed by atoms with Crippen LogP contribution in [0.3, 0.4) is 0 Å². The molecular formula is C27H31BrN2O9. The molecule has 0 aromatic heterocycles. The van der Waals surface area contributed by atoms with Gasteiger partial charge in [0.2, 0.25) is 11.7 Å². The Morgan fingerprint density at radius 2 is 1.33 bits per heavy atom. The zero-order valence-electron chi connectivity index (χ0n) is 21.3. The number of carbonyl (C=O) groups is 4. The van der Waals surface area contributed by atoms with E-state index in [1.165, 1.54) is 24.3 Å². The normalized spacial score (nSPS) is 12.1. The van der Waals surface area contributed by atoms with Gasteiger partial charge in [0.25, 0.3) is 5.91 Å². The number of hydrogen-bond acceptors (Lipinski definition) is 9. The van der Waals surface area contributed by atoms with Gasteiger partial charge in [-0.05, 0) is 31.0 Å². The molecule has 0 atom stereocenters. The van der Waals surface area contributed by atoms with Gasteiger partial charge in [0.15, 0.2) is 5.78 Å². The third-order valence-corrected chi connectivity index (χ3v) is 6.28. The van der Waals surface area contributed by atoms with Gasteiger partial charge in [-0.3, -0.25) is 19.2 Å². The van der Waals surface area contributed by atoms with E-state index in [0.717, 1.165) is 12.5 Å². The lowest BCUT2D eigenvalue weighted by Crippen LogP contribution is -2.27. The summed E-state index contributed by atoms with van der Waals surface area (Å²) in [6.07, 6.45) is 1.26. The maximum atomic E-state index is 12.9. The minimum Gasteiger partial charge on any atom is -0.507 e. The van der Waals surface area contributed by atoms with Gasteiger partial charge >= 0.3 is 0 Å². The number of carbonyl (C=O) groups excluding carboxylic acids is 4. The van der Waals surface area contributed by atoms with Crippen LogP contribution in [0.1, 0.15) is 55.0 Å². The zero-order valence-corrected chi connectivity index (χ0v) is 22.9. The molecule has 1 aliphatic carbocycles. The highest BCUT2D eigenvalue weighted by molar-refractivity contribution is 9.09. The number of ketones is 2. The molecule has 2 amide bonds. The second-order valence-corrected chi connectivity index (χ2v) is 9.12. The fraction of sp³-hybridized carbons (Fsp3) is 0.407. The summed E-state index contributed by atoms with van der Waals surface area (Å²) in [6.45, 7) is 3.46. The van der Waals surface area contributed by atoms with Crippen LogP contribution in [0.4, 0.5) is 0 Å². The minimum absolute atomic E-state index is 0.0193. The first-order valence-electron chi connectivity index (χ1n) is 12.5. The van der Waals surface area contributed by atoms with E-state index in [1.54, 1.807) is 0 Å². The smallest absolute Gasteiger partial charge is 0.251 e. The van der Waals surface area contributed by atoms with Gasteiger partial charge in [0.05, 0.1) is 42.9 Å². The Labute approximate surface area is 233 Å². The second kappa shape index (κ2) is 15.3. The van der Waals surface area contributed by atoms with Crippen molar-refractivity contribution in [3.63, 3.8) is 0 Å². The Morgan fingerprint density at radius 3 is 1.97 bits per heavy atom. The molecule has 1 aliphatic rings. The number of phenols is 2. The van der Waals surface area contributed by atoms with Gasteiger partial charge in [-0.25, -0.2) is 0 Å². The lowest BCUT2D eigenvalue weighted by atomic mass is 9.82. The Bertz CT molecular complexity index is 1200. The Morgan fingerprint density at radius 1 is 0.744 bits per heavy atom. The van der Waals surface area contributed by atoms with Crippen molar-refractivity contribution in [1.29, 1.82) is 0 Å². The minimum atomic E-state index is -0.677. The summed E-state index contributed by atoms with van der Waals surface area (Å²) in [7, 11) is 0. The van der Waals surface area contributed by atoms with Crippen LogP contribution in [0, 0.1) is 0 Å². The lowest BCUT2D eigenvalue weighted by Gasteiger charge is -2.20. The summed E-state index contributed by atoms with van der Waals surface area (Å²) in [5.41, 5.74) is -0.424. The average Bonchev–Trinajstić information content (AvgIpc) is 2.92. The molecule has 3 rings (SSSR count). The van der Waals surface area contributed by atoms with Crippen LogP contribution in [0.25, 0.3) is 0 Å². The van der Waals surface area contributed by atoms with Crippen molar-refractivity contribution >= 4 is 39.3 Å². The fourth-order valence-corrected chi connectivity index (χ4v) is 4.08. The fourth-order valence-electron chi connectivity index (χ4n) is 3.88. The molecule has 0 saturated carbocycles. The molecule has 12 heteroatoms. The lowest BCUT2D eigenvalue weighted by molar-refractivity contribution is -0.118. The predicted molar refractivity (Wildman–Crippen MR) is 144 cm³/mol. The van der Waals surface area contributed by atoms with E-state index in [9.17, 15) is 29.4 Å². The van der Waals surface area contributed by atoms with Crippen molar-refractivity contribution in [2.24, 2.45) is 0 Å². The molecule has 11 nitrogen and oxygen atoms in total. The molecule has 0 bridgehead atoms. The molecule has 0 saturated heterocycles. The van der Waals surface area contributed by atoms with E-state index >= 15 is 0 Å². The summed E-state index contributed by atoms with van der Waals surface area (Å²) in [5.74, 6) is -2.65. The van der Waals surface area contributed by atoms with E-state index in [2.05, 4.69) is 26.6 Å². The summed E-state index contributed by atoms with van der Waals surface area (Å²) in [6, 6.07) is 6.56. The molecule has 39 heavy (non-hydrogen) atoms. The molecule has 210 valence electrons. The number of rotatable bonds is 16. The molecule has 0 unspecified atom stereocenters. The number of fused-ring (bicyclic) bond motifs is 2. The third-order valence-electron chi connectivity index (χ3n) is 5.77. The van der Waals surface area contributed by atoms with E-state index in [1.807, 2.05) is 0 Å². The third kappa shape index (κ3) is 8.33. The van der Waals surface area contributed by atoms with Gasteiger partial charge < -0.3 is 35.1 Å². The van der Waals surface area contributed by atoms with Crippen LogP contribution in [0.2, 0.25) is 0 Å². The molecule has 0 spiro atoms. The van der Waals surface area contributed by atoms with Gasteiger partial charge in [-0.1, -0.05) is 28.1 Å². The van der Waals surface area contributed by atoms with Gasteiger partial charge in [-0.15, -0.1) is 0 Å². The molecule has 0 heterocycles. The largest absolute Gasteiger partial charge is 0.507 e. The van der Waals surface area contributed by atoms with Crippen LogP contribution < -0.4 is 10.6 Å². The average molecular weight is 607 g/mol. The standard InChI is InChI=1S/C27H31BrN2O9/c28-16-22(33)29-6-2-8-37-10-12-39-13-11-38-9-3-7-30-27(36)17-14-19-24(21(32)15-17)26(35)23-18(25(19)34)4-1-5-20(23)31/h1,4-5,14-15,31-32H,2-3,6-13,16H2,(H,29,33)(H,30,36). The SMILES string of the molecule is O=C(CBr)NCCCOCCOCCOCCCNC(=O)c1cc(O)c2c(c1)C(=O)c1cccc(O)c1C2=O. The van der Waals surface area contributed by atoms with E-state index in [0.29, 0.717) is 59.2 Å². The quantitative estimate of drug-likeness (QED) is 0.141. The Kier molecular flexibility index (Phi) is 11.9. The number of halogens is 1. The first-order valence-corrected chi connectivity index (χ1v) is 13.6. The number of benzene rings is 2. The van der Waals surface area contributed by atoms with Crippen molar-refractivity contribution in [2.75, 3.05) is 58.1 Å². The number of amides is 2. The van der Waals surface area contributed by atoms with Crippen molar-refractivity contribution in [3.05, 3.63) is 58.1 Å². The molecule has 4 N–H and O–H groups in total. The van der Waals surface area contributed by atoms with Crippen molar-refractivity contribution in [1.82, 2.24) is 10.6 Å². The summed E-state index contributed by atoms with van der Waals surface area (Å²) in [5, 5.41) is 26.2. The first kappa shape index (κ1) is 30.2. The van der Waals surface area contributed by atoms with Gasteiger partial charge in [0, 0.05) is 43.0 Å². The number of ether oxygens (including phenoxy) is 3. The van der Waals surface area contributed by atoms with Gasteiger partial charge in [-0.2, -0.15) is 0 Å². The monoisotopic (exact) mass is 606 g/mol. The summed E-state index contributed by atoms with van der Waals surface area (Å²) < 4.78 is 16.3. The predicted octanol–water partition coefficient (Wildman–Crippen LogP) is 1.94.